The lowest BCUT2D eigenvalue weighted by Gasteiger charge is -2.11. The van der Waals surface area contributed by atoms with E-state index in [1.165, 1.54) is 18.2 Å². The summed E-state index contributed by atoms with van der Waals surface area (Å²) in [6, 6.07) is 13.7. The number of para-hydroxylation sites is 2. The summed E-state index contributed by atoms with van der Waals surface area (Å²) < 4.78 is 30.5. The number of aromatic nitrogens is 2. The maximum atomic E-state index is 12.5. The Morgan fingerprint density at radius 3 is 2.72 bits per heavy atom. The number of nitrogens with one attached hydrogen (secondary N) is 1. The minimum absolute atomic E-state index is 0.0832. The summed E-state index contributed by atoms with van der Waals surface area (Å²) in [4.78, 5) is 21.4. The van der Waals surface area contributed by atoms with E-state index in [4.69, 9.17) is 5.73 Å². The van der Waals surface area contributed by atoms with Gasteiger partial charge in [0, 0.05) is 11.9 Å². The molecule has 4 rings (SSSR count). The predicted octanol–water partition coefficient (Wildman–Crippen LogP) is 5.05. The van der Waals surface area contributed by atoms with Gasteiger partial charge in [-0.15, -0.1) is 11.3 Å². The monoisotopic (exact) mass is 456 g/mol. The minimum atomic E-state index is -2.98. The van der Waals surface area contributed by atoms with E-state index in [-0.39, 0.29) is 17.4 Å². The molecule has 2 heterocycles. The van der Waals surface area contributed by atoms with Crippen molar-refractivity contribution in [2.45, 2.75) is 31.9 Å². The Hall–Kier alpha value is -3.17. The van der Waals surface area contributed by atoms with Gasteiger partial charge in [-0.25, -0.2) is 4.98 Å². The molecule has 1 amide bonds. The van der Waals surface area contributed by atoms with Crippen LogP contribution in [0, 0.1) is 0 Å². The van der Waals surface area contributed by atoms with E-state index in [0.29, 0.717) is 19.4 Å². The van der Waals surface area contributed by atoms with E-state index >= 15 is 0 Å². The number of hydrogen-bond acceptors (Lipinski definition) is 6. The number of unbranched alkanes of at least 4 members (excludes halogenated alkanes) is 1. The summed E-state index contributed by atoms with van der Waals surface area (Å²) in [7, 11) is 0. The molecule has 6 nitrogen and oxygen atoms in total. The molecule has 0 bridgehead atoms. The molecule has 32 heavy (non-hydrogen) atoms. The van der Waals surface area contributed by atoms with Gasteiger partial charge in [-0.1, -0.05) is 30.3 Å². The fraction of sp³-hybridized carbons (Fsp3) is 0.261. The van der Waals surface area contributed by atoms with Crippen LogP contribution in [0.15, 0.2) is 54.7 Å². The van der Waals surface area contributed by atoms with Gasteiger partial charge in [-0.05, 0) is 37.5 Å². The van der Waals surface area contributed by atoms with Gasteiger partial charge in [0.2, 0.25) is 0 Å². The number of alkyl halides is 2. The summed E-state index contributed by atoms with van der Waals surface area (Å²) in [5.41, 5.74) is 8.21. The standard InChI is InChI=1S/C23H22F2N4O2S/c24-23(25)31-19-11-4-2-8-15(19)21(30)27-12-6-5-9-16(26)22-29-18-13-28-17-10-3-1-7-14(17)20(18)32-22/h1-4,7-8,10-11,13,16,23H,5-6,9,12,26H2,(H,27,30)/t16-/m0/s1. The van der Waals surface area contributed by atoms with E-state index < -0.39 is 12.5 Å². The maximum absolute atomic E-state index is 12.5. The second kappa shape index (κ2) is 9.97. The first kappa shape index (κ1) is 22.0. The lowest BCUT2D eigenvalue weighted by molar-refractivity contribution is -0.0501. The number of benzene rings is 2. The third-order valence-electron chi connectivity index (χ3n) is 5.04. The topological polar surface area (TPSA) is 90.1 Å². The van der Waals surface area contributed by atoms with Crippen LogP contribution in [0.25, 0.3) is 21.1 Å². The van der Waals surface area contributed by atoms with E-state index in [2.05, 4.69) is 20.0 Å². The van der Waals surface area contributed by atoms with Gasteiger partial charge in [-0.3, -0.25) is 9.78 Å². The van der Waals surface area contributed by atoms with Crippen LogP contribution < -0.4 is 15.8 Å². The first-order chi connectivity index (χ1) is 15.5. The average molecular weight is 457 g/mol. The fourth-order valence-electron chi connectivity index (χ4n) is 3.46. The highest BCUT2D eigenvalue weighted by molar-refractivity contribution is 7.19. The molecule has 4 aromatic rings. The average Bonchev–Trinajstić information content (AvgIpc) is 3.24. The normalized spacial score (nSPS) is 12.4. The number of carbonyl (C=O) groups is 1. The second-order valence-electron chi connectivity index (χ2n) is 7.27. The predicted molar refractivity (Wildman–Crippen MR) is 121 cm³/mol. The van der Waals surface area contributed by atoms with Crippen molar-refractivity contribution in [3.63, 3.8) is 0 Å². The molecule has 0 unspecified atom stereocenters. The largest absolute Gasteiger partial charge is 0.434 e. The molecule has 0 fully saturated rings. The van der Waals surface area contributed by atoms with Crippen molar-refractivity contribution in [1.82, 2.24) is 15.3 Å². The van der Waals surface area contributed by atoms with Crippen LogP contribution in [0.3, 0.4) is 0 Å². The molecule has 3 N–H and O–H groups in total. The summed E-state index contributed by atoms with van der Waals surface area (Å²) in [6.07, 6.45) is 3.97. The van der Waals surface area contributed by atoms with Crippen molar-refractivity contribution in [3.8, 4) is 5.75 Å². The first-order valence-corrected chi connectivity index (χ1v) is 11.1. The number of pyridine rings is 1. The highest BCUT2D eigenvalue weighted by Crippen LogP contribution is 2.32. The van der Waals surface area contributed by atoms with E-state index in [9.17, 15) is 13.6 Å². The molecule has 2 aromatic carbocycles. The van der Waals surface area contributed by atoms with Crippen LogP contribution in [-0.4, -0.2) is 29.0 Å². The Labute approximate surface area is 187 Å². The van der Waals surface area contributed by atoms with Crippen LogP contribution in [0.4, 0.5) is 8.78 Å². The number of ether oxygens (including phenoxy) is 1. The lowest BCUT2D eigenvalue weighted by atomic mass is 10.1. The van der Waals surface area contributed by atoms with Gasteiger partial charge in [0.15, 0.2) is 0 Å². The van der Waals surface area contributed by atoms with E-state index in [0.717, 1.165) is 32.5 Å². The number of amides is 1. The molecular formula is C23H22F2N4O2S. The van der Waals surface area contributed by atoms with Gasteiger partial charge >= 0.3 is 6.61 Å². The Morgan fingerprint density at radius 1 is 1.09 bits per heavy atom. The van der Waals surface area contributed by atoms with Gasteiger partial charge in [0.05, 0.1) is 28.0 Å². The summed E-state index contributed by atoms with van der Waals surface area (Å²) in [5.74, 6) is -0.587. The molecule has 9 heteroatoms. The molecule has 0 saturated heterocycles. The molecule has 2 aromatic heterocycles. The van der Waals surface area contributed by atoms with Crippen molar-refractivity contribution in [1.29, 1.82) is 0 Å². The Balaban J connectivity index is 1.29. The summed E-state index contributed by atoms with van der Waals surface area (Å²) in [5, 5.41) is 4.67. The number of rotatable bonds is 9. The molecular weight excluding hydrogens is 434 g/mol. The van der Waals surface area contributed by atoms with Gasteiger partial charge in [0.1, 0.15) is 16.3 Å². The van der Waals surface area contributed by atoms with E-state index in [1.807, 2.05) is 24.3 Å². The number of thiazole rings is 1. The molecule has 166 valence electrons. The Bertz CT molecular complexity index is 1230. The third-order valence-corrected chi connectivity index (χ3v) is 6.27. The van der Waals surface area contributed by atoms with Crippen LogP contribution in [0.2, 0.25) is 0 Å². The summed E-state index contributed by atoms with van der Waals surface area (Å²) in [6.45, 7) is -2.58. The lowest BCUT2D eigenvalue weighted by Crippen LogP contribution is -2.25. The van der Waals surface area contributed by atoms with Crippen LogP contribution in [-0.2, 0) is 0 Å². The smallest absolute Gasteiger partial charge is 0.387 e. The van der Waals surface area contributed by atoms with Crippen LogP contribution in [0.5, 0.6) is 5.75 Å². The van der Waals surface area contributed by atoms with Gasteiger partial charge in [0.25, 0.3) is 5.91 Å². The number of carbonyl (C=O) groups excluding carboxylic acids is 1. The van der Waals surface area contributed by atoms with E-state index in [1.54, 1.807) is 23.6 Å². The van der Waals surface area contributed by atoms with Crippen molar-refractivity contribution in [3.05, 3.63) is 65.3 Å². The zero-order valence-corrected chi connectivity index (χ0v) is 17.9. The number of hydrogen-bond donors (Lipinski definition) is 2. The maximum Gasteiger partial charge on any atom is 0.387 e. The van der Waals surface area contributed by atoms with Crippen molar-refractivity contribution in [2.75, 3.05) is 6.54 Å². The highest BCUT2D eigenvalue weighted by Gasteiger charge is 2.16. The quantitative estimate of drug-likeness (QED) is 0.344. The van der Waals surface area contributed by atoms with Gasteiger partial charge < -0.3 is 15.8 Å². The van der Waals surface area contributed by atoms with Crippen LogP contribution >= 0.6 is 11.3 Å². The highest BCUT2D eigenvalue weighted by atomic mass is 32.1. The number of fused-ring (bicyclic) bond motifs is 3. The molecule has 0 aliphatic rings. The van der Waals surface area contributed by atoms with Crippen molar-refractivity contribution in [2.24, 2.45) is 5.73 Å². The zero-order valence-electron chi connectivity index (χ0n) is 17.1. The fourth-order valence-corrected chi connectivity index (χ4v) is 4.57. The van der Waals surface area contributed by atoms with Crippen LogP contribution in [0.1, 0.15) is 40.7 Å². The van der Waals surface area contributed by atoms with Crippen molar-refractivity contribution >= 4 is 38.4 Å². The molecule has 1 atom stereocenters. The molecule has 0 spiro atoms. The molecule has 0 aliphatic carbocycles. The number of nitrogens with zero attached hydrogens (tertiary/aromatic N) is 2. The molecule has 0 radical (unpaired) electrons. The minimum Gasteiger partial charge on any atom is -0.434 e. The Kier molecular flexibility index (Phi) is 6.87. The Morgan fingerprint density at radius 2 is 1.88 bits per heavy atom. The van der Waals surface area contributed by atoms with Gasteiger partial charge in [-0.2, -0.15) is 8.78 Å². The van der Waals surface area contributed by atoms with Crippen molar-refractivity contribution < 1.29 is 18.3 Å². The molecule has 0 aliphatic heterocycles. The summed E-state index contributed by atoms with van der Waals surface area (Å²) >= 11 is 1.59. The number of halogens is 2. The zero-order chi connectivity index (χ0) is 22.5. The molecule has 0 saturated carbocycles. The first-order valence-electron chi connectivity index (χ1n) is 10.2. The SMILES string of the molecule is N[C@@H](CCCCNC(=O)c1ccccc1OC(F)F)c1nc2cnc3ccccc3c2s1. The third kappa shape index (κ3) is 5.00. The number of nitrogens with two attached hydrogens (primary N) is 1. The second-order valence-corrected chi connectivity index (χ2v) is 8.31.